The Kier molecular flexibility index (Phi) is 6.10. The van der Waals surface area contributed by atoms with E-state index >= 15 is 0 Å². The van der Waals surface area contributed by atoms with Crippen LogP contribution in [0, 0.1) is 18.3 Å². The topological polar surface area (TPSA) is 72.2 Å². The number of carbonyl (C=O) groups excluding carboxylic acids is 1. The van der Waals surface area contributed by atoms with E-state index in [4.69, 9.17) is 9.47 Å². The van der Waals surface area contributed by atoms with Crippen LogP contribution in [0.1, 0.15) is 34.8 Å². The molecule has 0 spiro atoms. The van der Waals surface area contributed by atoms with Gasteiger partial charge in [0.25, 0.3) is 0 Å². The number of esters is 1. The molecule has 1 aromatic carbocycles. The Hall–Kier alpha value is -2.65. The standard InChI is InChI=1S/C18H18N2O3S/c1-4-6-9-23-15-8-7-13(10-14(15)11-19)17-20-12(3)16(24-17)18(21)22-5-2/h4,6-8,10H,5,9H2,1-3H3. The molecule has 0 aliphatic heterocycles. The van der Waals surface area contributed by atoms with Crippen LogP contribution in [0.2, 0.25) is 0 Å². The van der Waals surface area contributed by atoms with Crippen LogP contribution in [0.25, 0.3) is 10.6 Å². The molecule has 0 fully saturated rings. The highest BCUT2D eigenvalue weighted by Crippen LogP contribution is 2.31. The van der Waals surface area contributed by atoms with E-state index in [-0.39, 0.29) is 5.97 Å². The molecule has 2 aromatic rings. The van der Waals surface area contributed by atoms with Crippen LogP contribution < -0.4 is 4.74 Å². The van der Waals surface area contributed by atoms with Crippen molar-refractivity contribution in [1.29, 1.82) is 5.26 Å². The largest absolute Gasteiger partial charge is 0.488 e. The maximum absolute atomic E-state index is 11.9. The lowest BCUT2D eigenvalue weighted by Crippen LogP contribution is -2.03. The summed E-state index contributed by atoms with van der Waals surface area (Å²) < 4.78 is 10.6. The fourth-order valence-electron chi connectivity index (χ4n) is 2.02. The Labute approximate surface area is 145 Å². The van der Waals surface area contributed by atoms with Gasteiger partial charge in [-0.3, -0.25) is 0 Å². The van der Waals surface area contributed by atoms with Gasteiger partial charge in [-0.1, -0.05) is 12.2 Å². The molecule has 1 heterocycles. The van der Waals surface area contributed by atoms with Crippen molar-refractivity contribution in [3.05, 3.63) is 46.5 Å². The zero-order chi connectivity index (χ0) is 17.5. The molecule has 0 aliphatic carbocycles. The lowest BCUT2D eigenvalue weighted by atomic mass is 10.1. The monoisotopic (exact) mass is 342 g/mol. The van der Waals surface area contributed by atoms with Gasteiger partial charge in [0.2, 0.25) is 0 Å². The van der Waals surface area contributed by atoms with Crippen molar-refractivity contribution in [2.75, 3.05) is 13.2 Å². The second kappa shape index (κ2) is 8.27. The molecule has 124 valence electrons. The Morgan fingerprint density at radius 1 is 1.46 bits per heavy atom. The third-order valence-electron chi connectivity index (χ3n) is 3.18. The van der Waals surface area contributed by atoms with E-state index in [1.165, 1.54) is 11.3 Å². The number of nitriles is 1. The van der Waals surface area contributed by atoms with Crippen molar-refractivity contribution in [2.45, 2.75) is 20.8 Å². The molecule has 0 saturated heterocycles. The quantitative estimate of drug-likeness (QED) is 0.583. The Bertz CT molecular complexity index is 803. The van der Waals surface area contributed by atoms with E-state index in [0.29, 0.717) is 40.1 Å². The van der Waals surface area contributed by atoms with Crippen LogP contribution >= 0.6 is 11.3 Å². The maximum Gasteiger partial charge on any atom is 0.350 e. The van der Waals surface area contributed by atoms with E-state index in [1.54, 1.807) is 26.0 Å². The van der Waals surface area contributed by atoms with Gasteiger partial charge >= 0.3 is 5.97 Å². The van der Waals surface area contributed by atoms with Gasteiger partial charge in [0, 0.05) is 5.56 Å². The molecule has 1 aromatic heterocycles. The number of thiazole rings is 1. The minimum Gasteiger partial charge on any atom is -0.488 e. The number of hydrogen-bond acceptors (Lipinski definition) is 6. The predicted molar refractivity (Wildman–Crippen MR) is 93.3 cm³/mol. The van der Waals surface area contributed by atoms with E-state index in [2.05, 4.69) is 11.1 Å². The summed E-state index contributed by atoms with van der Waals surface area (Å²) in [6.07, 6.45) is 3.75. The Morgan fingerprint density at radius 3 is 2.92 bits per heavy atom. The van der Waals surface area contributed by atoms with Crippen molar-refractivity contribution in [2.24, 2.45) is 0 Å². The zero-order valence-electron chi connectivity index (χ0n) is 13.8. The van der Waals surface area contributed by atoms with Crippen LogP contribution in [0.4, 0.5) is 0 Å². The summed E-state index contributed by atoms with van der Waals surface area (Å²) in [6, 6.07) is 7.43. The molecular weight excluding hydrogens is 324 g/mol. The van der Waals surface area contributed by atoms with Crippen molar-refractivity contribution >= 4 is 17.3 Å². The first-order chi connectivity index (χ1) is 11.6. The van der Waals surface area contributed by atoms with Gasteiger partial charge in [-0.25, -0.2) is 9.78 Å². The summed E-state index contributed by atoms with van der Waals surface area (Å²) in [6.45, 7) is 6.17. The SMILES string of the molecule is CC=CCOc1ccc(-c2nc(C)c(C(=O)OCC)s2)cc1C#N. The van der Waals surface area contributed by atoms with Crippen molar-refractivity contribution in [1.82, 2.24) is 4.98 Å². The average Bonchev–Trinajstić information content (AvgIpc) is 2.97. The minimum absolute atomic E-state index is 0.322. The first kappa shape index (κ1) is 17.7. The normalized spacial score (nSPS) is 10.6. The molecule has 0 atom stereocenters. The van der Waals surface area contributed by atoms with Crippen molar-refractivity contribution < 1.29 is 14.3 Å². The summed E-state index contributed by atoms with van der Waals surface area (Å²) in [5.74, 6) is 0.156. The van der Waals surface area contributed by atoms with Crippen molar-refractivity contribution in [3.8, 4) is 22.4 Å². The van der Waals surface area contributed by atoms with Crippen LogP contribution in [0.5, 0.6) is 5.75 Å². The van der Waals surface area contributed by atoms with Gasteiger partial charge in [-0.2, -0.15) is 5.26 Å². The number of aryl methyl sites for hydroxylation is 1. The van der Waals surface area contributed by atoms with E-state index < -0.39 is 0 Å². The number of rotatable bonds is 6. The van der Waals surface area contributed by atoms with E-state index in [9.17, 15) is 10.1 Å². The molecule has 0 radical (unpaired) electrons. The van der Waals surface area contributed by atoms with Gasteiger partial charge in [0.05, 0.1) is 17.9 Å². The summed E-state index contributed by atoms with van der Waals surface area (Å²) in [5.41, 5.74) is 1.83. The van der Waals surface area contributed by atoms with Crippen LogP contribution in [0.15, 0.2) is 30.4 Å². The third-order valence-corrected chi connectivity index (χ3v) is 4.36. The molecule has 0 N–H and O–H groups in total. The molecule has 0 aliphatic rings. The van der Waals surface area contributed by atoms with Gasteiger partial charge in [0.15, 0.2) is 0 Å². The highest BCUT2D eigenvalue weighted by atomic mass is 32.1. The second-order valence-electron chi connectivity index (χ2n) is 4.86. The summed E-state index contributed by atoms with van der Waals surface area (Å²) in [4.78, 5) is 16.8. The highest BCUT2D eigenvalue weighted by Gasteiger charge is 2.18. The first-order valence-corrected chi connectivity index (χ1v) is 8.35. The second-order valence-corrected chi connectivity index (χ2v) is 5.86. The highest BCUT2D eigenvalue weighted by molar-refractivity contribution is 7.17. The zero-order valence-corrected chi connectivity index (χ0v) is 14.6. The molecule has 0 bridgehead atoms. The summed E-state index contributed by atoms with van der Waals surface area (Å²) >= 11 is 1.26. The van der Waals surface area contributed by atoms with Gasteiger partial charge in [0.1, 0.15) is 28.3 Å². The Balaban J connectivity index is 2.31. The smallest absolute Gasteiger partial charge is 0.350 e. The van der Waals surface area contributed by atoms with E-state index in [1.807, 2.05) is 25.1 Å². The number of carbonyl (C=O) groups is 1. The number of allylic oxidation sites excluding steroid dienone is 1. The van der Waals surface area contributed by atoms with Gasteiger partial charge in [-0.05, 0) is 39.0 Å². The van der Waals surface area contributed by atoms with Crippen LogP contribution in [-0.2, 0) is 4.74 Å². The number of hydrogen-bond donors (Lipinski definition) is 0. The molecule has 24 heavy (non-hydrogen) atoms. The lowest BCUT2D eigenvalue weighted by Gasteiger charge is -2.06. The fraction of sp³-hybridized carbons (Fsp3) is 0.278. The van der Waals surface area contributed by atoms with Crippen LogP contribution in [0.3, 0.4) is 0 Å². The predicted octanol–water partition coefficient (Wildman–Crippen LogP) is 4.12. The number of ether oxygens (including phenoxy) is 2. The van der Waals surface area contributed by atoms with Gasteiger partial charge in [-0.15, -0.1) is 11.3 Å². The minimum atomic E-state index is -0.370. The van der Waals surface area contributed by atoms with Gasteiger partial charge < -0.3 is 9.47 Å². The molecule has 2 rings (SSSR count). The molecule has 6 heteroatoms. The number of nitrogens with zero attached hydrogens (tertiary/aromatic N) is 2. The molecular formula is C18H18N2O3S. The van der Waals surface area contributed by atoms with Crippen LogP contribution in [-0.4, -0.2) is 24.2 Å². The molecule has 0 saturated carbocycles. The molecule has 5 nitrogen and oxygen atoms in total. The van der Waals surface area contributed by atoms with E-state index in [0.717, 1.165) is 5.56 Å². The third kappa shape index (κ3) is 4.00. The average molecular weight is 342 g/mol. The maximum atomic E-state index is 11.9. The summed E-state index contributed by atoms with van der Waals surface area (Å²) in [7, 11) is 0. The van der Waals surface area contributed by atoms with Crippen molar-refractivity contribution in [3.63, 3.8) is 0 Å². The summed E-state index contributed by atoms with van der Waals surface area (Å²) in [5, 5.41) is 10.00. The lowest BCUT2D eigenvalue weighted by molar-refractivity contribution is 0.0531. The number of aromatic nitrogens is 1. The molecule has 0 unspecified atom stereocenters. The first-order valence-electron chi connectivity index (χ1n) is 7.53. The fourth-order valence-corrected chi connectivity index (χ4v) is 2.97. The number of benzene rings is 1. The molecule has 0 amide bonds. The Morgan fingerprint density at radius 2 is 2.25 bits per heavy atom.